The third kappa shape index (κ3) is 9.24. The van der Waals surface area contributed by atoms with Gasteiger partial charge in [0.05, 0.1) is 0 Å². The van der Waals surface area contributed by atoms with Gasteiger partial charge in [-0.1, -0.05) is 24.6 Å². The standard InChI is InChI=1S/C13H21O/c1-11(2)7-5-8-12(3)9-6-10-13(4)14/h6-7,10,12H,4-5,8-9H2,1-3H3. The van der Waals surface area contributed by atoms with Crippen molar-refractivity contribution in [2.24, 2.45) is 5.92 Å². The van der Waals surface area contributed by atoms with Crippen molar-refractivity contribution in [2.45, 2.75) is 40.0 Å². The van der Waals surface area contributed by atoms with Crippen LogP contribution in [-0.2, 0) is 4.79 Å². The fraction of sp³-hybridized carbons (Fsp3) is 0.538. The van der Waals surface area contributed by atoms with Crippen molar-refractivity contribution in [1.29, 1.82) is 0 Å². The van der Waals surface area contributed by atoms with E-state index in [4.69, 9.17) is 0 Å². The van der Waals surface area contributed by atoms with Crippen LogP contribution in [0.25, 0.3) is 0 Å². The molecule has 14 heavy (non-hydrogen) atoms. The number of ketones is 1. The van der Waals surface area contributed by atoms with E-state index in [1.807, 2.05) is 6.08 Å². The number of hydrogen-bond donors (Lipinski definition) is 0. The zero-order valence-electron chi connectivity index (χ0n) is 9.55. The first-order valence-electron chi connectivity index (χ1n) is 5.18. The zero-order valence-corrected chi connectivity index (χ0v) is 9.55. The van der Waals surface area contributed by atoms with Crippen molar-refractivity contribution >= 4 is 5.78 Å². The van der Waals surface area contributed by atoms with Gasteiger partial charge in [-0.2, -0.15) is 0 Å². The van der Waals surface area contributed by atoms with E-state index < -0.39 is 0 Å². The molecular weight excluding hydrogens is 172 g/mol. The molecule has 0 aliphatic carbocycles. The molecule has 0 bridgehead atoms. The van der Waals surface area contributed by atoms with Gasteiger partial charge >= 0.3 is 0 Å². The fourth-order valence-corrected chi connectivity index (χ4v) is 1.21. The van der Waals surface area contributed by atoms with Crippen LogP contribution >= 0.6 is 0 Å². The largest absolute Gasteiger partial charge is 0.295 e. The minimum absolute atomic E-state index is 0.110. The smallest absolute Gasteiger partial charge is 0.155 e. The Bertz CT molecular complexity index is 219. The van der Waals surface area contributed by atoms with Crippen LogP contribution in [-0.4, -0.2) is 5.78 Å². The molecule has 0 saturated carbocycles. The predicted molar refractivity (Wildman–Crippen MR) is 62.0 cm³/mol. The summed E-state index contributed by atoms with van der Waals surface area (Å²) in [4.78, 5) is 10.5. The topological polar surface area (TPSA) is 17.1 Å². The molecule has 1 unspecified atom stereocenters. The molecule has 0 aromatic rings. The molecule has 0 aliphatic rings. The molecule has 1 radical (unpaired) electrons. The quantitative estimate of drug-likeness (QED) is 0.464. The Balaban J connectivity index is 3.61. The summed E-state index contributed by atoms with van der Waals surface area (Å²) in [6.45, 7) is 9.72. The first-order valence-corrected chi connectivity index (χ1v) is 5.18. The summed E-state index contributed by atoms with van der Waals surface area (Å²) in [6.07, 6.45) is 9.01. The third-order valence-corrected chi connectivity index (χ3v) is 2.05. The van der Waals surface area contributed by atoms with E-state index in [1.165, 1.54) is 12.0 Å². The Morgan fingerprint density at radius 3 is 2.57 bits per heavy atom. The van der Waals surface area contributed by atoms with Crippen molar-refractivity contribution in [1.82, 2.24) is 0 Å². The van der Waals surface area contributed by atoms with Crippen molar-refractivity contribution < 1.29 is 4.79 Å². The Morgan fingerprint density at radius 2 is 2.07 bits per heavy atom. The molecule has 1 heteroatoms. The number of hydrogen-bond acceptors (Lipinski definition) is 1. The lowest BCUT2D eigenvalue weighted by atomic mass is 10.0. The highest BCUT2D eigenvalue weighted by molar-refractivity contribution is 5.93. The van der Waals surface area contributed by atoms with Crippen molar-refractivity contribution in [3.8, 4) is 0 Å². The maximum absolute atomic E-state index is 10.5. The minimum atomic E-state index is -0.110. The molecule has 0 spiro atoms. The lowest BCUT2D eigenvalue weighted by Crippen LogP contribution is -1.92. The van der Waals surface area contributed by atoms with Gasteiger partial charge in [0.15, 0.2) is 5.78 Å². The molecule has 0 aromatic carbocycles. The maximum atomic E-state index is 10.5. The molecule has 0 saturated heterocycles. The Hall–Kier alpha value is -0.850. The van der Waals surface area contributed by atoms with Gasteiger partial charge in [0, 0.05) is 6.92 Å². The first-order chi connectivity index (χ1) is 6.52. The highest BCUT2D eigenvalue weighted by Crippen LogP contribution is 2.12. The van der Waals surface area contributed by atoms with Crippen molar-refractivity contribution in [3.05, 3.63) is 30.7 Å². The van der Waals surface area contributed by atoms with Crippen LogP contribution in [0.15, 0.2) is 23.8 Å². The van der Waals surface area contributed by atoms with Crippen LogP contribution in [0.5, 0.6) is 0 Å². The van der Waals surface area contributed by atoms with E-state index in [2.05, 4.69) is 33.8 Å². The summed E-state index contributed by atoms with van der Waals surface area (Å²) in [5.41, 5.74) is 1.38. The van der Waals surface area contributed by atoms with Crippen LogP contribution in [0.3, 0.4) is 0 Å². The SMILES string of the molecule is [CH2]C(=O)C=CCC(C)CCC=C(C)C. The van der Waals surface area contributed by atoms with Crippen LogP contribution in [0.1, 0.15) is 40.0 Å². The van der Waals surface area contributed by atoms with Gasteiger partial charge in [0.25, 0.3) is 0 Å². The second kappa shape index (κ2) is 7.54. The van der Waals surface area contributed by atoms with Crippen LogP contribution < -0.4 is 0 Å². The summed E-state index contributed by atoms with van der Waals surface area (Å²) in [7, 11) is 0. The number of rotatable bonds is 6. The fourth-order valence-electron chi connectivity index (χ4n) is 1.21. The van der Waals surface area contributed by atoms with Gasteiger partial charge < -0.3 is 0 Å². The maximum Gasteiger partial charge on any atom is 0.155 e. The van der Waals surface area contributed by atoms with E-state index in [1.54, 1.807) is 6.08 Å². The zero-order chi connectivity index (χ0) is 11.0. The molecule has 0 amide bonds. The molecule has 79 valence electrons. The molecule has 0 fully saturated rings. The molecule has 0 heterocycles. The lowest BCUT2D eigenvalue weighted by Gasteiger charge is -2.05. The highest BCUT2D eigenvalue weighted by Gasteiger charge is 1.97. The van der Waals surface area contributed by atoms with Gasteiger partial charge in [-0.05, 0) is 45.1 Å². The van der Waals surface area contributed by atoms with E-state index in [9.17, 15) is 4.79 Å². The van der Waals surface area contributed by atoms with E-state index in [0.717, 1.165) is 12.8 Å². The van der Waals surface area contributed by atoms with E-state index in [0.29, 0.717) is 5.92 Å². The normalized spacial score (nSPS) is 12.9. The lowest BCUT2D eigenvalue weighted by molar-refractivity contribution is -0.110. The first kappa shape index (κ1) is 13.2. The Kier molecular flexibility index (Phi) is 7.09. The second-order valence-electron chi connectivity index (χ2n) is 4.07. The van der Waals surface area contributed by atoms with E-state index >= 15 is 0 Å². The van der Waals surface area contributed by atoms with Gasteiger partial charge in [-0.3, -0.25) is 4.79 Å². The van der Waals surface area contributed by atoms with Crippen LogP contribution in [0.2, 0.25) is 0 Å². The predicted octanol–water partition coefficient (Wildman–Crippen LogP) is 3.72. The van der Waals surface area contributed by atoms with Crippen molar-refractivity contribution in [2.75, 3.05) is 0 Å². The summed E-state index contributed by atoms with van der Waals surface area (Å²) in [6, 6.07) is 0. The summed E-state index contributed by atoms with van der Waals surface area (Å²) >= 11 is 0. The van der Waals surface area contributed by atoms with Crippen molar-refractivity contribution in [3.63, 3.8) is 0 Å². The molecule has 1 atom stereocenters. The summed E-state index contributed by atoms with van der Waals surface area (Å²) in [5, 5.41) is 0. The average molecular weight is 193 g/mol. The summed E-state index contributed by atoms with van der Waals surface area (Å²) < 4.78 is 0. The number of allylic oxidation sites excluding steroid dienone is 4. The van der Waals surface area contributed by atoms with Gasteiger partial charge in [-0.15, -0.1) is 0 Å². The second-order valence-corrected chi connectivity index (χ2v) is 4.07. The number of carbonyl (C=O) groups excluding carboxylic acids is 1. The van der Waals surface area contributed by atoms with Gasteiger partial charge in [-0.25, -0.2) is 0 Å². The highest BCUT2D eigenvalue weighted by atomic mass is 16.1. The Morgan fingerprint density at radius 1 is 1.43 bits per heavy atom. The molecule has 1 nitrogen and oxygen atoms in total. The van der Waals surface area contributed by atoms with Gasteiger partial charge in [0.1, 0.15) is 0 Å². The Labute approximate surface area is 87.9 Å². The van der Waals surface area contributed by atoms with Crippen LogP contribution in [0, 0.1) is 12.8 Å². The van der Waals surface area contributed by atoms with E-state index in [-0.39, 0.29) is 5.78 Å². The molecule has 0 aromatic heterocycles. The molecule has 0 rings (SSSR count). The van der Waals surface area contributed by atoms with Crippen LogP contribution in [0.4, 0.5) is 0 Å². The third-order valence-electron chi connectivity index (χ3n) is 2.05. The minimum Gasteiger partial charge on any atom is -0.295 e. The average Bonchev–Trinajstić information content (AvgIpc) is 2.02. The molecule has 0 N–H and O–H groups in total. The summed E-state index contributed by atoms with van der Waals surface area (Å²) in [5.74, 6) is 0.530. The van der Waals surface area contributed by atoms with Gasteiger partial charge in [0.2, 0.25) is 0 Å². The monoisotopic (exact) mass is 193 g/mol. The molecule has 0 aliphatic heterocycles. The number of carbonyl (C=O) groups is 1. The molecular formula is C13H21O.